The molecule has 0 saturated carbocycles. The molecule has 0 amide bonds. The lowest BCUT2D eigenvalue weighted by atomic mass is 9.79. The van der Waals surface area contributed by atoms with E-state index in [2.05, 4.69) is 0 Å². The van der Waals surface area contributed by atoms with E-state index in [-0.39, 0.29) is 0 Å². The molecule has 0 saturated heterocycles. The van der Waals surface area contributed by atoms with E-state index in [1.165, 1.54) is 0 Å². The van der Waals surface area contributed by atoms with Crippen molar-refractivity contribution in [3.8, 4) is 0 Å². The lowest BCUT2D eigenvalue weighted by molar-refractivity contribution is 0.424. The third kappa shape index (κ3) is 5.73. The van der Waals surface area contributed by atoms with Gasteiger partial charge < -0.3 is 20.1 Å². The molecule has 21 heavy (non-hydrogen) atoms. The fourth-order valence-corrected chi connectivity index (χ4v) is 1.66. The highest BCUT2D eigenvalue weighted by Crippen LogP contribution is 2.02. The molecule has 0 aliphatic rings. The number of rotatable bonds is 2. The first-order valence-corrected chi connectivity index (χ1v) is 6.67. The SMILES string of the molecule is Cc1ccc(B(O)O)cc1.Cc1ccc(B(O)O)cc1C. The normalized spacial score (nSPS) is 9.67. The van der Waals surface area contributed by atoms with Crippen molar-refractivity contribution in [2.24, 2.45) is 0 Å². The third-order valence-corrected chi connectivity index (χ3v) is 3.20. The van der Waals surface area contributed by atoms with Crippen LogP contribution in [0.4, 0.5) is 0 Å². The average molecular weight is 286 g/mol. The van der Waals surface area contributed by atoms with Crippen LogP contribution in [0.2, 0.25) is 0 Å². The van der Waals surface area contributed by atoms with E-state index in [9.17, 15) is 0 Å². The first kappa shape index (κ1) is 17.5. The van der Waals surface area contributed by atoms with Crippen LogP contribution in [-0.2, 0) is 0 Å². The highest BCUT2D eigenvalue weighted by Gasteiger charge is 2.10. The van der Waals surface area contributed by atoms with Crippen LogP contribution in [0.15, 0.2) is 42.5 Å². The molecular formula is C15H20B2O4. The molecule has 4 N–H and O–H groups in total. The summed E-state index contributed by atoms with van der Waals surface area (Å²) >= 11 is 0. The van der Waals surface area contributed by atoms with Crippen molar-refractivity contribution in [3.05, 3.63) is 59.2 Å². The van der Waals surface area contributed by atoms with Gasteiger partial charge in [-0.15, -0.1) is 0 Å². The molecule has 0 aliphatic heterocycles. The van der Waals surface area contributed by atoms with Gasteiger partial charge in [-0.25, -0.2) is 0 Å². The van der Waals surface area contributed by atoms with Crippen molar-refractivity contribution in [2.75, 3.05) is 0 Å². The minimum Gasteiger partial charge on any atom is -0.423 e. The van der Waals surface area contributed by atoms with Gasteiger partial charge >= 0.3 is 14.2 Å². The van der Waals surface area contributed by atoms with Crippen molar-refractivity contribution in [2.45, 2.75) is 20.8 Å². The Kier molecular flexibility index (Phi) is 6.65. The number of hydrogen-bond donors (Lipinski definition) is 4. The predicted molar refractivity (Wildman–Crippen MR) is 86.7 cm³/mol. The van der Waals surface area contributed by atoms with Crippen molar-refractivity contribution in [1.82, 2.24) is 0 Å². The zero-order valence-electron chi connectivity index (χ0n) is 12.5. The Balaban J connectivity index is 0.000000211. The molecule has 0 aliphatic carbocycles. The molecule has 110 valence electrons. The molecule has 6 heteroatoms. The standard InChI is InChI=1S/C8H11BO2.C7H9BO2/c1-6-3-4-8(9(10)11)5-7(6)2;1-6-2-4-7(5-3-6)8(9)10/h3-5,10-11H,1-2H3;2-5,9-10H,1H3. The number of aryl methyl sites for hydroxylation is 3. The highest BCUT2D eigenvalue weighted by molar-refractivity contribution is 6.58. The second kappa shape index (κ2) is 8.00. The first-order valence-electron chi connectivity index (χ1n) is 6.67. The van der Waals surface area contributed by atoms with Crippen molar-refractivity contribution < 1.29 is 20.1 Å². The van der Waals surface area contributed by atoms with Crippen LogP contribution < -0.4 is 10.9 Å². The van der Waals surface area contributed by atoms with E-state index >= 15 is 0 Å². The van der Waals surface area contributed by atoms with Crippen molar-refractivity contribution >= 4 is 25.2 Å². The number of benzene rings is 2. The summed E-state index contributed by atoms with van der Waals surface area (Å²) in [5, 5.41) is 34.9. The Morgan fingerprint density at radius 2 is 1.10 bits per heavy atom. The molecule has 2 rings (SSSR count). The largest absolute Gasteiger partial charge is 0.488 e. The van der Waals surface area contributed by atoms with Gasteiger partial charge in [-0.2, -0.15) is 0 Å². The van der Waals surface area contributed by atoms with Crippen molar-refractivity contribution in [1.29, 1.82) is 0 Å². The van der Waals surface area contributed by atoms with Crippen LogP contribution in [0, 0.1) is 20.8 Å². The van der Waals surface area contributed by atoms with Gasteiger partial charge in [0.1, 0.15) is 0 Å². The van der Waals surface area contributed by atoms with Gasteiger partial charge in [0.15, 0.2) is 0 Å². The lowest BCUT2D eigenvalue weighted by Gasteiger charge is -2.02. The van der Waals surface area contributed by atoms with E-state index < -0.39 is 14.2 Å². The topological polar surface area (TPSA) is 80.9 Å². The van der Waals surface area contributed by atoms with Crippen LogP contribution in [0.3, 0.4) is 0 Å². The maximum atomic E-state index is 8.79. The molecular weight excluding hydrogens is 266 g/mol. The monoisotopic (exact) mass is 286 g/mol. The lowest BCUT2D eigenvalue weighted by Crippen LogP contribution is -2.29. The van der Waals surface area contributed by atoms with E-state index in [1.807, 2.05) is 39.0 Å². The third-order valence-electron chi connectivity index (χ3n) is 3.20. The van der Waals surface area contributed by atoms with Gasteiger partial charge in [0.05, 0.1) is 0 Å². The smallest absolute Gasteiger partial charge is 0.423 e. The molecule has 0 aromatic heterocycles. The Labute approximate surface area is 126 Å². The van der Waals surface area contributed by atoms with Gasteiger partial charge in [-0.05, 0) is 42.8 Å². The van der Waals surface area contributed by atoms with Crippen molar-refractivity contribution in [3.63, 3.8) is 0 Å². The predicted octanol–water partition coefficient (Wildman–Crippen LogP) is -0.342. The number of hydrogen-bond acceptors (Lipinski definition) is 4. The second-order valence-electron chi connectivity index (χ2n) is 5.00. The Morgan fingerprint density at radius 3 is 1.52 bits per heavy atom. The zero-order chi connectivity index (χ0) is 16.0. The molecule has 0 fully saturated rings. The van der Waals surface area contributed by atoms with Crippen LogP contribution in [0.1, 0.15) is 16.7 Å². The summed E-state index contributed by atoms with van der Waals surface area (Å²) < 4.78 is 0. The molecule has 0 radical (unpaired) electrons. The molecule has 0 heterocycles. The summed E-state index contributed by atoms with van der Waals surface area (Å²) in [6, 6.07) is 12.4. The molecule has 0 bridgehead atoms. The minimum absolute atomic E-state index is 0.533. The van der Waals surface area contributed by atoms with Gasteiger partial charge in [0, 0.05) is 0 Å². The molecule has 4 nitrogen and oxygen atoms in total. The summed E-state index contributed by atoms with van der Waals surface area (Å²) in [5.74, 6) is 0. The average Bonchev–Trinajstić information content (AvgIpc) is 2.43. The summed E-state index contributed by atoms with van der Waals surface area (Å²) in [6.07, 6.45) is 0. The summed E-state index contributed by atoms with van der Waals surface area (Å²) in [7, 11) is -2.70. The molecule has 2 aromatic carbocycles. The Bertz CT molecular complexity index is 568. The fourth-order valence-electron chi connectivity index (χ4n) is 1.66. The molecule has 0 spiro atoms. The fraction of sp³-hybridized carbons (Fsp3) is 0.200. The van der Waals surface area contributed by atoms with Gasteiger partial charge in [-0.1, -0.05) is 48.0 Å². The quantitative estimate of drug-likeness (QED) is 0.569. The second-order valence-corrected chi connectivity index (χ2v) is 5.00. The van der Waals surface area contributed by atoms with Crippen LogP contribution in [-0.4, -0.2) is 34.3 Å². The van der Waals surface area contributed by atoms with E-state index in [1.54, 1.807) is 24.3 Å². The van der Waals surface area contributed by atoms with Crippen LogP contribution >= 0.6 is 0 Å². The zero-order valence-corrected chi connectivity index (χ0v) is 12.5. The highest BCUT2D eigenvalue weighted by atomic mass is 16.4. The summed E-state index contributed by atoms with van der Waals surface area (Å²) in [6.45, 7) is 5.89. The van der Waals surface area contributed by atoms with Crippen LogP contribution in [0.5, 0.6) is 0 Å². The molecule has 2 aromatic rings. The summed E-state index contributed by atoms with van der Waals surface area (Å²) in [5.41, 5.74) is 4.44. The van der Waals surface area contributed by atoms with Gasteiger partial charge in [0.25, 0.3) is 0 Å². The minimum atomic E-state index is -1.35. The summed E-state index contributed by atoms with van der Waals surface area (Å²) in [4.78, 5) is 0. The maximum Gasteiger partial charge on any atom is 0.488 e. The Hall–Kier alpha value is -1.59. The molecule has 0 atom stereocenters. The van der Waals surface area contributed by atoms with Gasteiger partial charge in [-0.3, -0.25) is 0 Å². The van der Waals surface area contributed by atoms with Gasteiger partial charge in [0.2, 0.25) is 0 Å². The molecule has 0 unspecified atom stereocenters. The first-order chi connectivity index (χ1) is 9.81. The van der Waals surface area contributed by atoms with E-state index in [4.69, 9.17) is 20.1 Å². The van der Waals surface area contributed by atoms with E-state index in [0.717, 1.165) is 16.7 Å². The van der Waals surface area contributed by atoms with Crippen LogP contribution in [0.25, 0.3) is 0 Å². The Morgan fingerprint density at radius 1 is 0.619 bits per heavy atom. The van der Waals surface area contributed by atoms with E-state index in [0.29, 0.717) is 10.9 Å². The maximum absolute atomic E-state index is 8.79.